The van der Waals surface area contributed by atoms with Gasteiger partial charge in [-0.25, -0.2) is 0 Å². The third-order valence-corrected chi connectivity index (χ3v) is 11.6. The van der Waals surface area contributed by atoms with Crippen LogP contribution in [0.15, 0.2) is 194 Å². The van der Waals surface area contributed by atoms with E-state index in [9.17, 15) is 11.0 Å². The molecule has 0 aliphatic heterocycles. The highest BCUT2D eigenvalue weighted by atomic mass is 32.1. The van der Waals surface area contributed by atoms with Crippen LogP contribution in [-0.2, 0) is 0 Å². The lowest BCUT2D eigenvalue weighted by molar-refractivity contribution is 1.18. The second-order valence-electron chi connectivity index (χ2n) is 13.4. The van der Waals surface area contributed by atoms with Gasteiger partial charge in [0, 0.05) is 58.7 Å². The molecular formula is C52H32N2S. The smallest absolute Gasteiger partial charge is 0.0645 e. The van der Waals surface area contributed by atoms with E-state index in [4.69, 9.17) is 8.22 Å². The molecule has 0 aliphatic rings. The minimum Gasteiger partial charge on any atom is -0.309 e. The predicted octanol–water partition coefficient (Wildman–Crippen LogP) is 14.7. The van der Waals surface area contributed by atoms with Crippen molar-refractivity contribution in [2.75, 3.05) is 0 Å². The molecule has 0 saturated carbocycles. The van der Waals surface area contributed by atoms with Gasteiger partial charge in [0.05, 0.1) is 41.3 Å². The molecule has 12 aromatic rings. The zero-order valence-corrected chi connectivity index (χ0v) is 29.5. The predicted molar refractivity (Wildman–Crippen MR) is 236 cm³/mol. The minimum atomic E-state index is -0.613. The van der Waals surface area contributed by atoms with Gasteiger partial charge in [0.25, 0.3) is 0 Å². The van der Waals surface area contributed by atoms with Crippen molar-refractivity contribution < 1.29 is 19.2 Å². The van der Waals surface area contributed by atoms with Crippen molar-refractivity contribution in [2.24, 2.45) is 0 Å². The van der Waals surface area contributed by atoms with Gasteiger partial charge >= 0.3 is 0 Å². The Morgan fingerprint density at radius 2 is 1.00 bits per heavy atom. The van der Waals surface area contributed by atoms with Gasteiger partial charge in [-0.2, -0.15) is 0 Å². The molecule has 0 atom stereocenters. The van der Waals surface area contributed by atoms with Crippen LogP contribution in [0.2, 0.25) is 0 Å². The Bertz CT molecular complexity index is 4310. The molecule has 0 spiro atoms. The Balaban J connectivity index is 1.24. The highest BCUT2D eigenvalue weighted by molar-refractivity contribution is 7.26. The number of fused-ring (bicyclic) bond motifs is 10. The van der Waals surface area contributed by atoms with Crippen LogP contribution in [0.4, 0.5) is 0 Å². The zero-order chi connectivity index (χ0) is 48.2. The number of benzene rings is 9. The van der Waals surface area contributed by atoms with Crippen LogP contribution in [0, 0.1) is 0 Å². The molecule has 3 heterocycles. The lowest BCUT2D eigenvalue weighted by Crippen LogP contribution is -1.95. The van der Waals surface area contributed by atoms with Crippen LogP contribution in [-0.4, -0.2) is 9.13 Å². The first-order valence-corrected chi connectivity index (χ1v) is 18.5. The van der Waals surface area contributed by atoms with Crippen molar-refractivity contribution in [3.05, 3.63) is 194 Å². The molecule has 12 rings (SSSR count). The molecule has 0 fully saturated rings. The number of para-hydroxylation sites is 3. The number of rotatable bonds is 4. The second-order valence-corrected chi connectivity index (χ2v) is 14.5. The highest BCUT2D eigenvalue weighted by Gasteiger charge is 2.19. The molecule has 55 heavy (non-hydrogen) atoms. The summed E-state index contributed by atoms with van der Waals surface area (Å²) in [5.74, 6) is 0. The second kappa shape index (κ2) is 11.8. The van der Waals surface area contributed by atoms with Gasteiger partial charge in [0.1, 0.15) is 0 Å². The van der Waals surface area contributed by atoms with Crippen LogP contribution in [0.25, 0.3) is 108 Å². The molecule has 2 nitrogen and oxygen atoms in total. The highest BCUT2D eigenvalue weighted by Crippen LogP contribution is 2.44. The lowest BCUT2D eigenvalue weighted by atomic mass is 9.98. The van der Waals surface area contributed by atoms with Crippen molar-refractivity contribution in [2.45, 2.75) is 0 Å². The molecule has 0 saturated heterocycles. The Morgan fingerprint density at radius 1 is 0.400 bits per heavy atom. The normalized spacial score (nSPS) is 15.6. The monoisotopic (exact) mass is 730 g/mol. The SMILES string of the molecule is [2H]c1c([2H])c([2H])c2c(c1[2H])c1c([2H])c(-c3c([2H])c([2H])c4c(c3[2H])c3c([2H])c([2H])c([2H])c([2H])c3n4-c3cc(-c4ccc5ccccc5c4)c4sc5ccccc5c4c3)c([2H])c([2H])c1n2-c1ccccc1. The van der Waals surface area contributed by atoms with E-state index < -0.39 is 95.7 Å². The summed E-state index contributed by atoms with van der Waals surface area (Å²) in [6, 6.07) is 26.9. The average molecular weight is 731 g/mol. The summed E-state index contributed by atoms with van der Waals surface area (Å²) in [5, 5.41) is 3.35. The maximum atomic E-state index is 10.0. The lowest BCUT2D eigenvalue weighted by Gasteiger charge is -2.13. The average Bonchev–Trinajstić information content (AvgIpc) is 4.05. The number of hydrogen-bond donors (Lipinski definition) is 0. The first kappa shape index (κ1) is 19.9. The Kier molecular flexibility index (Phi) is 4.27. The molecule has 0 N–H and O–H groups in total. The van der Waals surface area contributed by atoms with Gasteiger partial charge < -0.3 is 9.13 Å². The summed E-state index contributed by atoms with van der Waals surface area (Å²) in [4.78, 5) is 0. The van der Waals surface area contributed by atoms with Crippen LogP contribution in [0.1, 0.15) is 19.2 Å². The molecule has 0 radical (unpaired) electrons. The number of hydrogen-bond acceptors (Lipinski definition) is 1. The largest absolute Gasteiger partial charge is 0.309 e. The van der Waals surface area contributed by atoms with Gasteiger partial charge in [-0.1, -0.05) is 121 Å². The van der Waals surface area contributed by atoms with Gasteiger partial charge in [0.2, 0.25) is 0 Å². The molecule has 9 aromatic carbocycles. The molecule has 256 valence electrons. The summed E-state index contributed by atoms with van der Waals surface area (Å²) in [7, 11) is 0. The molecule has 0 aliphatic carbocycles. The molecule has 0 unspecified atom stereocenters. The van der Waals surface area contributed by atoms with Crippen LogP contribution >= 0.6 is 11.3 Å². The summed E-state index contributed by atoms with van der Waals surface area (Å²) in [6.45, 7) is 0. The summed E-state index contributed by atoms with van der Waals surface area (Å²) in [5.41, 5.74) is 1.45. The fourth-order valence-electron chi connectivity index (χ4n) is 7.88. The first-order chi connectivity index (χ1) is 33.1. The number of thiophene rings is 1. The molecule has 3 heteroatoms. The molecular weight excluding hydrogens is 685 g/mol. The zero-order valence-electron chi connectivity index (χ0n) is 42.7. The fraction of sp³-hybridized carbons (Fsp3) is 0. The van der Waals surface area contributed by atoms with Crippen molar-refractivity contribution in [1.82, 2.24) is 9.13 Å². The quantitative estimate of drug-likeness (QED) is 0.171. The van der Waals surface area contributed by atoms with E-state index in [0.29, 0.717) is 11.4 Å². The number of nitrogens with zero attached hydrogens (tertiary/aromatic N) is 2. The van der Waals surface area contributed by atoms with Gasteiger partial charge in [-0.05, 0) is 100 Å². The van der Waals surface area contributed by atoms with Crippen molar-refractivity contribution in [3.8, 4) is 33.6 Å². The molecule has 0 amide bonds. The Morgan fingerprint density at radius 3 is 1.73 bits per heavy atom. The van der Waals surface area contributed by atoms with Crippen molar-refractivity contribution >= 4 is 85.9 Å². The van der Waals surface area contributed by atoms with E-state index in [0.717, 1.165) is 42.1 Å². The van der Waals surface area contributed by atoms with Gasteiger partial charge in [0.15, 0.2) is 0 Å². The maximum absolute atomic E-state index is 10.0. The van der Waals surface area contributed by atoms with Gasteiger partial charge in [-0.3, -0.25) is 0 Å². The van der Waals surface area contributed by atoms with E-state index in [-0.39, 0.29) is 43.6 Å². The van der Waals surface area contributed by atoms with E-state index >= 15 is 0 Å². The third kappa shape index (κ3) is 4.60. The maximum Gasteiger partial charge on any atom is 0.0645 e. The van der Waals surface area contributed by atoms with Crippen molar-refractivity contribution in [3.63, 3.8) is 0 Å². The van der Waals surface area contributed by atoms with Gasteiger partial charge in [-0.15, -0.1) is 11.3 Å². The Hall–Kier alpha value is -6.94. The van der Waals surface area contributed by atoms with E-state index in [2.05, 4.69) is 6.07 Å². The van der Waals surface area contributed by atoms with E-state index in [1.165, 1.54) is 9.13 Å². The van der Waals surface area contributed by atoms with E-state index in [1.807, 2.05) is 72.8 Å². The molecule has 0 bridgehead atoms. The minimum absolute atomic E-state index is 0.0351. The van der Waals surface area contributed by atoms with Crippen LogP contribution in [0.5, 0.6) is 0 Å². The summed E-state index contributed by atoms with van der Waals surface area (Å²) >= 11 is 1.61. The standard InChI is InChI=1S/C52H32N2S/c1-2-14-38(15-3-1)53-47-19-9-6-16-40(47)44-29-35(24-26-49(44)53)36-25-27-50-45(30-36)41-17-7-10-20-48(41)54(50)39-31-43(37-23-22-33-12-4-5-13-34(33)28-37)52-46(32-39)42-18-8-11-21-51(42)55-52/h1-32H/i6D,7D,9D,10D,16D,17D,19D,20D,24D,25D,26D,27D,29D,30D. The molecule has 3 aromatic heterocycles. The topological polar surface area (TPSA) is 9.86 Å². The fourth-order valence-corrected chi connectivity index (χ4v) is 9.10. The van der Waals surface area contributed by atoms with Crippen molar-refractivity contribution in [1.29, 1.82) is 0 Å². The first-order valence-electron chi connectivity index (χ1n) is 24.7. The summed E-state index contributed by atoms with van der Waals surface area (Å²) in [6.07, 6.45) is 0. The van der Waals surface area contributed by atoms with E-state index in [1.54, 1.807) is 41.7 Å². The van der Waals surface area contributed by atoms with Crippen LogP contribution < -0.4 is 0 Å². The Labute approximate surface area is 341 Å². The van der Waals surface area contributed by atoms with Crippen LogP contribution in [0.3, 0.4) is 0 Å². The summed E-state index contributed by atoms with van der Waals surface area (Å²) < 4.78 is 135. The number of aromatic nitrogens is 2. The third-order valence-electron chi connectivity index (χ3n) is 10.4.